The van der Waals surface area contributed by atoms with E-state index < -0.39 is 11.8 Å². The molecule has 0 saturated carbocycles. The van der Waals surface area contributed by atoms with Crippen molar-refractivity contribution in [3.63, 3.8) is 0 Å². The van der Waals surface area contributed by atoms with Gasteiger partial charge in [-0.3, -0.25) is 19.8 Å². The molecule has 0 atom stereocenters. The number of amides is 2. The van der Waals surface area contributed by atoms with Gasteiger partial charge in [-0.2, -0.15) is 0 Å². The van der Waals surface area contributed by atoms with Crippen LogP contribution in [0.2, 0.25) is 5.02 Å². The lowest BCUT2D eigenvalue weighted by Crippen LogP contribution is -2.54. The largest absolute Gasteiger partial charge is 0.490 e. The van der Waals surface area contributed by atoms with Crippen molar-refractivity contribution in [3.8, 4) is 11.5 Å². The van der Waals surface area contributed by atoms with Gasteiger partial charge in [-0.05, 0) is 67.0 Å². The Morgan fingerprint density at radius 1 is 1.16 bits per heavy atom. The zero-order chi connectivity index (χ0) is 23.3. The number of anilines is 1. The molecule has 1 aliphatic rings. The number of rotatable bonds is 8. The van der Waals surface area contributed by atoms with E-state index in [1.165, 1.54) is 11.0 Å². The number of nitrogens with one attached hydrogen (secondary N) is 1. The highest BCUT2D eigenvalue weighted by atomic mass is 35.5. The Labute approximate surface area is 197 Å². The van der Waals surface area contributed by atoms with Gasteiger partial charge in [-0.25, -0.2) is 0 Å². The zero-order valence-corrected chi connectivity index (χ0v) is 19.4. The van der Waals surface area contributed by atoms with Crippen molar-refractivity contribution >= 4 is 52.5 Å². The average Bonchev–Trinajstić information content (AvgIpc) is 2.76. The first kappa shape index (κ1) is 23.5. The van der Waals surface area contributed by atoms with Gasteiger partial charge in [0.1, 0.15) is 12.2 Å². The third kappa shape index (κ3) is 5.00. The Kier molecular flexibility index (Phi) is 7.66. The van der Waals surface area contributed by atoms with E-state index in [0.717, 1.165) is 12.0 Å². The van der Waals surface area contributed by atoms with Gasteiger partial charge in [-0.15, -0.1) is 0 Å². The molecule has 1 saturated heterocycles. The van der Waals surface area contributed by atoms with Gasteiger partial charge in [-0.1, -0.05) is 43.3 Å². The minimum absolute atomic E-state index is 0.0302. The molecule has 1 aliphatic heterocycles. The minimum atomic E-state index is -0.581. The number of halogens is 1. The Morgan fingerprint density at radius 3 is 2.50 bits per heavy atom. The van der Waals surface area contributed by atoms with Gasteiger partial charge >= 0.3 is 0 Å². The molecule has 8 heteroatoms. The molecule has 3 rings (SSSR count). The van der Waals surface area contributed by atoms with Crippen LogP contribution in [0.4, 0.5) is 5.69 Å². The number of ether oxygens (including phenoxy) is 2. The summed E-state index contributed by atoms with van der Waals surface area (Å²) in [5, 5.41) is 2.90. The third-order valence-electron chi connectivity index (χ3n) is 4.69. The summed E-state index contributed by atoms with van der Waals surface area (Å²) in [4.78, 5) is 27.1. The van der Waals surface area contributed by atoms with E-state index in [4.69, 9.17) is 33.3 Å². The maximum absolute atomic E-state index is 13.2. The van der Waals surface area contributed by atoms with Crippen molar-refractivity contribution < 1.29 is 19.1 Å². The van der Waals surface area contributed by atoms with Crippen LogP contribution in [-0.2, 0) is 16.0 Å². The first-order valence-corrected chi connectivity index (χ1v) is 10.9. The monoisotopic (exact) mass is 470 g/mol. The Morgan fingerprint density at radius 2 is 1.88 bits per heavy atom. The SMILES string of the molecule is C=CCOc1c(Cl)cc(/C=C2\C(=O)NC(=S)N(c3ccc(CC)cc3)C2=O)cc1OCC. The maximum atomic E-state index is 13.2. The fourth-order valence-corrected chi connectivity index (χ4v) is 3.71. The van der Waals surface area contributed by atoms with E-state index in [2.05, 4.69) is 11.9 Å². The van der Waals surface area contributed by atoms with Crippen LogP contribution in [-0.4, -0.2) is 30.1 Å². The number of carbonyl (C=O) groups excluding carboxylic acids is 2. The average molecular weight is 471 g/mol. The lowest BCUT2D eigenvalue weighted by molar-refractivity contribution is -0.122. The summed E-state index contributed by atoms with van der Waals surface area (Å²) in [7, 11) is 0. The van der Waals surface area contributed by atoms with Crippen molar-refractivity contribution in [3.05, 3.63) is 70.8 Å². The fourth-order valence-electron chi connectivity index (χ4n) is 3.16. The summed E-state index contributed by atoms with van der Waals surface area (Å²) in [5.74, 6) is -0.333. The van der Waals surface area contributed by atoms with Crippen LogP contribution in [0, 0.1) is 0 Å². The molecule has 1 fully saturated rings. The second-order valence-corrected chi connectivity index (χ2v) is 7.63. The number of nitrogens with zero attached hydrogens (tertiary/aromatic N) is 1. The quantitative estimate of drug-likeness (QED) is 0.262. The van der Waals surface area contributed by atoms with Crippen LogP contribution in [0.3, 0.4) is 0 Å². The number of hydrogen-bond donors (Lipinski definition) is 1. The molecule has 32 heavy (non-hydrogen) atoms. The van der Waals surface area contributed by atoms with Crippen molar-refractivity contribution in [1.29, 1.82) is 0 Å². The number of benzene rings is 2. The molecule has 0 aromatic heterocycles. The topological polar surface area (TPSA) is 67.9 Å². The predicted molar refractivity (Wildman–Crippen MR) is 130 cm³/mol. The Balaban J connectivity index is 2.00. The molecule has 0 aliphatic carbocycles. The highest BCUT2D eigenvalue weighted by Gasteiger charge is 2.34. The molecule has 0 radical (unpaired) electrons. The van der Waals surface area contributed by atoms with Gasteiger partial charge < -0.3 is 9.47 Å². The minimum Gasteiger partial charge on any atom is -0.490 e. The molecule has 1 N–H and O–H groups in total. The van der Waals surface area contributed by atoms with E-state index >= 15 is 0 Å². The molecular weight excluding hydrogens is 448 g/mol. The summed E-state index contributed by atoms with van der Waals surface area (Å²) in [5.41, 5.74) is 2.14. The lowest BCUT2D eigenvalue weighted by atomic mass is 10.1. The molecule has 6 nitrogen and oxygen atoms in total. The van der Waals surface area contributed by atoms with Crippen LogP contribution in [0.1, 0.15) is 25.0 Å². The van der Waals surface area contributed by atoms with Crippen LogP contribution in [0.25, 0.3) is 6.08 Å². The van der Waals surface area contributed by atoms with E-state index in [1.807, 2.05) is 26.0 Å². The summed E-state index contributed by atoms with van der Waals surface area (Å²) < 4.78 is 11.2. The molecular formula is C24H23ClN2O4S. The molecule has 1 heterocycles. The second-order valence-electron chi connectivity index (χ2n) is 6.84. The second kappa shape index (κ2) is 10.4. The highest BCUT2D eigenvalue weighted by molar-refractivity contribution is 7.80. The highest BCUT2D eigenvalue weighted by Crippen LogP contribution is 2.37. The number of thiocarbonyl (C=S) groups is 1. The molecule has 2 aromatic rings. The molecule has 166 valence electrons. The van der Waals surface area contributed by atoms with Crippen LogP contribution < -0.4 is 19.7 Å². The van der Waals surface area contributed by atoms with E-state index in [1.54, 1.807) is 30.3 Å². The number of carbonyl (C=O) groups is 2. The summed E-state index contributed by atoms with van der Waals surface area (Å²) >= 11 is 11.6. The molecule has 0 unspecified atom stereocenters. The Hall–Kier alpha value is -3.16. The Bertz CT molecular complexity index is 1100. The van der Waals surface area contributed by atoms with Gasteiger partial charge in [0, 0.05) is 0 Å². The van der Waals surface area contributed by atoms with Gasteiger partial charge in [0.15, 0.2) is 16.6 Å². The molecule has 2 amide bonds. The molecule has 0 spiro atoms. The van der Waals surface area contributed by atoms with Crippen LogP contribution >= 0.6 is 23.8 Å². The molecule has 0 bridgehead atoms. The molecule has 2 aromatic carbocycles. The normalized spacial score (nSPS) is 15.0. The van der Waals surface area contributed by atoms with Gasteiger partial charge in [0.2, 0.25) is 0 Å². The van der Waals surface area contributed by atoms with Crippen molar-refractivity contribution in [1.82, 2.24) is 5.32 Å². The van der Waals surface area contributed by atoms with Crippen LogP contribution in [0.5, 0.6) is 11.5 Å². The van der Waals surface area contributed by atoms with Gasteiger partial charge in [0.05, 0.1) is 17.3 Å². The van der Waals surface area contributed by atoms with E-state index in [9.17, 15) is 9.59 Å². The smallest absolute Gasteiger partial charge is 0.270 e. The first-order chi connectivity index (χ1) is 15.4. The summed E-state index contributed by atoms with van der Waals surface area (Å²) in [6.07, 6.45) is 3.92. The zero-order valence-electron chi connectivity index (χ0n) is 17.8. The fraction of sp³-hybridized carbons (Fsp3) is 0.208. The van der Waals surface area contributed by atoms with Crippen molar-refractivity contribution in [2.75, 3.05) is 18.1 Å². The predicted octanol–water partition coefficient (Wildman–Crippen LogP) is 4.70. The number of hydrogen-bond acceptors (Lipinski definition) is 5. The van der Waals surface area contributed by atoms with Gasteiger partial charge in [0.25, 0.3) is 11.8 Å². The van der Waals surface area contributed by atoms with E-state index in [-0.39, 0.29) is 22.3 Å². The summed E-state index contributed by atoms with van der Waals surface area (Å²) in [6.45, 7) is 8.14. The first-order valence-electron chi connectivity index (χ1n) is 10.1. The number of aryl methyl sites for hydroxylation is 1. The lowest BCUT2D eigenvalue weighted by Gasteiger charge is -2.29. The van der Waals surface area contributed by atoms with Crippen molar-refractivity contribution in [2.45, 2.75) is 20.3 Å². The van der Waals surface area contributed by atoms with Crippen molar-refractivity contribution in [2.24, 2.45) is 0 Å². The summed E-state index contributed by atoms with van der Waals surface area (Å²) in [6, 6.07) is 10.7. The van der Waals surface area contributed by atoms with E-state index in [0.29, 0.717) is 29.4 Å². The maximum Gasteiger partial charge on any atom is 0.270 e. The third-order valence-corrected chi connectivity index (χ3v) is 5.26. The van der Waals surface area contributed by atoms with Crippen LogP contribution in [0.15, 0.2) is 54.6 Å². The standard InChI is InChI=1S/C24H23ClN2O4S/c1-4-11-31-21-19(25)13-16(14-20(21)30-6-3)12-18-22(28)26-24(32)27(23(18)29)17-9-7-15(5-2)8-10-17/h4,7-10,12-14H,1,5-6,11H2,2-3H3,(H,26,28,32)/b18-12+.